The van der Waals surface area contributed by atoms with Crippen molar-refractivity contribution in [1.29, 1.82) is 0 Å². The summed E-state index contributed by atoms with van der Waals surface area (Å²) in [5.74, 6) is 0.625. The van der Waals surface area contributed by atoms with Crippen LogP contribution in [0.3, 0.4) is 0 Å². The monoisotopic (exact) mass is 261 g/mol. The highest BCUT2D eigenvalue weighted by atomic mass is 35.5. The molecular weight excluding hydrogens is 250 g/mol. The molecule has 0 radical (unpaired) electrons. The van der Waals surface area contributed by atoms with Crippen molar-refractivity contribution in [3.8, 4) is 5.75 Å². The van der Waals surface area contributed by atoms with Crippen molar-refractivity contribution in [2.75, 3.05) is 7.11 Å². The Kier molecular flexibility index (Phi) is 4.35. The predicted molar refractivity (Wildman–Crippen MR) is 64.0 cm³/mol. The zero-order valence-electron chi connectivity index (χ0n) is 8.73. The second kappa shape index (κ2) is 5.34. The Labute approximate surface area is 99.9 Å². The molecule has 16 heavy (non-hydrogen) atoms. The van der Waals surface area contributed by atoms with Gasteiger partial charge in [-0.1, -0.05) is 24.2 Å². The highest BCUT2D eigenvalue weighted by Gasteiger charge is 2.06. The zero-order valence-corrected chi connectivity index (χ0v) is 10.3. The largest absolute Gasteiger partial charge is 0.497 e. The van der Waals surface area contributed by atoms with Gasteiger partial charge in [-0.3, -0.25) is 0 Å². The van der Waals surface area contributed by atoms with Crippen LogP contribution in [-0.4, -0.2) is 15.5 Å². The van der Waals surface area contributed by atoms with E-state index in [1.54, 1.807) is 18.2 Å². The van der Waals surface area contributed by atoms with E-state index in [4.69, 9.17) is 16.3 Å². The maximum atomic E-state index is 11.1. The lowest BCUT2D eigenvalue weighted by atomic mass is 10.2. The first-order valence-corrected chi connectivity index (χ1v) is 6.35. The molecule has 0 atom stereocenters. The second-order valence-electron chi connectivity index (χ2n) is 2.99. The van der Waals surface area contributed by atoms with Crippen LogP contribution in [0.4, 0.5) is 0 Å². The van der Waals surface area contributed by atoms with Gasteiger partial charge in [0.05, 0.1) is 7.11 Å². The number of rotatable bonds is 5. The van der Waals surface area contributed by atoms with E-state index < -0.39 is 10.0 Å². The molecule has 0 amide bonds. The summed E-state index contributed by atoms with van der Waals surface area (Å²) >= 11 is 5.94. The third-order valence-corrected chi connectivity index (χ3v) is 3.28. The summed E-state index contributed by atoms with van der Waals surface area (Å²) in [5, 5.41) is 1.30. The van der Waals surface area contributed by atoms with Crippen molar-refractivity contribution in [1.82, 2.24) is 4.72 Å². The fraction of sp³-hybridized carbons (Fsp3) is 0.200. The maximum absolute atomic E-state index is 11.1. The first kappa shape index (κ1) is 13.0. The van der Waals surface area contributed by atoms with Gasteiger partial charge in [-0.05, 0) is 17.7 Å². The molecule has 6 heteroatoms. The van der Waals surface area contributed by atoms with Crippen molar-refractivity contribution in [2.24, 2.45) is 0 Å². The summed E-state index contributed by atoms with van der Waals surface area (Å²) in [4.78, 5) is 0. The molecule has 0 aliphatic rings. The molecule has 0 unspecified atom stereocenters. The average Bonchev–Trinajstić information content (AvgIpc) is 2.27. The maximum Gasteiger partial charge on any atom is 0.233 e. The molecule has 0 bridgehead atoms. The fourth-order valence-corrected chi connectivity index (χ4v) is 1.75. The van der Waals surface area contributed by atoms with Crippen LogP contribution >= 0.6 is 11.6 Å². The van der Waals surface area contributed by atoms with Crippen LogP contribution in [0.25, 0.3) is 0 Å². The third kappa shape index (κ3) is 3.52. The number of hydrogen-bond donors (Lipinski definition) is 1. The van der Waals surface area contributed by atoms with E-state index >= 15 is 0 Å². The molecule has 0 spiro atoms. The van der Waals surface area contributed by atoms with E-state index in [0.717, 1.165) is 5.41 Å². The van der Waals surface area contributed by atoms with Gasteiger partial charge in [0.1, 0.15) is 5.75 Å². The van der Waals surface area contributed by atoms with Crippen molar-refractivity contribution in [3.63, 3.8) is 0 Å². The van der Waals surface area contributed by atoms with Gasteiger partial charge < -0.3 is 4.74 Å². The Morgan fingerprint density at radius 1 is 1.56 bits per heavy atom. The third-order valence-electron chi connectivity index (χ3n) is 1.94. The standard InChI is InChI=1S/C10H12ClNO3S/c1-3-16(13,14)12-7-8-4-5-9(15-2)6-10(8)11/h3-6,12H,1,7H2,2H3. The predicted octanol–water partition coefficient (Wildman–Crippen LogP) is 1.91. The SMILES string of the molecule is C=CS(=O)(=O)NCc1ccc(OC)cc1Cl. The average molecular weight is 262 g/mol. The molecule has 1 aromatic rings. The molecule has 4 nitrogen and oxygen atoms in total. The summed E-state index contributed by atoms with van der Waals surface area (Å²) in [6, 6.07) is 5.04. The molecule has 0 aliphatic carbocycles. The Hall–Kier alpha value is -1.04. The summed E-state index contributed by atoms with van der Waals surface area (Å²) in [6.45, 7) is 3.31. The first-order chi connectivity index (χ1) is 7.48. The van der Waals surface area contributed by atoms with Gasteiger partial charge in [-0.25, -0.2) is 13.1 Å². The number of halogens is 1. The highest BCUT2D eigenvalue weighted by molar-refractivity contribution is 7.92. The van der Waals surface area contributed by atoms with Crippen molar-refractivity contribution in [2.45, 2.75) is 6.54 Å². The number of benzene rings is 1. The lowest BCUT2D eigenvalue weighted by Crippen LogP contribution is -2.20. The Morgan fingerprint density at radius 2 is 2.25 bits per heavy atom. The molecule has 1 N–H and O–H groups in total. The van der Waals surface area contributed by atoms with Gasteiger partial charge in [0.15, 0.2) is 0 Å². The van der Waals surface area contributed by atoms with Crippen LogP contribution in [0.1, 0.15) is 5.56 Å². The lowest BCUT2D eigenvalue weighted by Gasteiger charge is -2.07. The highest BCUT2D eigenvalue weighted by Crippen LogP contribution is 2.22. The lowest BCUT2D eigenvalue weighted by molar-refractivity contribution is 0.414. The number of methoxy groups -OCH3 is 1. The van der Waals surface area contributed by atoms with Crippen LogP contribution in [0.2, 0.25) is 5.02 Å². The molecule has 1 rings (SSSR count). The summed E-state index contributed by atoms with van der Waals surface area (Å²) < 4.78 is 29.5. The van der Waals surface area contributed by atoms with Crippen molar-refractivity contribution < 1.29 is 13.2 Å². The smallest absolute Gasteiger partial charge is 0.233 e. The molecule has 0 heterocycles. The number of ether oxygens (including phenoxy) is 1. The second-order valence-corrected chi connectivity index (χ2v) is 5.11. The Balaban J connectivity index is 2.79. The van der Waals surface area contributed by atoms with Gasteiger partial charge in [0.25, 0.3) is 0 Å². The number of nitrogens with one attached hydrogen (secondary N) is 1. The van der Waals surface area contributed by atoms with Crippen LogP contribution in [0.5, 0.6) is 5.75 Å². The van der Waals surface area contributed by atoms with E-state index in [1.165, 1.54) is 7.11 Å². The summed E-state index contributed by atoms with van der Waals surface area (Å²) in [5.41, 5.74) is 0.674. The molecule has 1 aromatic carbocycles. The van der Waals surface area contributed by atoms with E-state index in [2.05, 4.69) is 11.3 Å². The minimum absolute atomic E-state index is 0.122. The number of hydrogen-bond acceptors (Lipinski definition) is 3. The fourth-order valence-electron chi connectivity index (χ4n) is 1.04. The topological polar surface area (TPSA) is 55.4 Å². The molecule has 0 fully saturated rings. The zero-order chi connectivity index (χ0) is 12.2. The minimum Gasteiger partial charge on any atom is -0.497 e. The van der Waals surface area contributed by atoms with Crippen LogP contribution in [0, 0.1) is 0 Å². The number of sulfonamides is 1. The van der Waals surface area contributed by atoms with E-state index in [9.17, 15) is 8.42 Å². The molecule has 0 aromatic heterocycles. The molecular formula is C10H12ClNO3S. The molecule has 0 saturated carbocycles. The van der Waals surface area contributed by atoms with Crippen molar-refractivity contribution in [3.05, 3.63) is 40.8 Å². The normalized spacial score (nSPS) is 11.1. The van der Waals surface area contributed by atoms with Crippen LogP contribution in [-0.2, 0) is 16.6 Å². The quantitative estimate of drug-likeness (QED) is 0.881. The summed E-state index contributed by atoms with van der Waals surface area (Å²) in [6.07, 6.45) is 0. The molecule has 0 aliphatic heterocycles. The Bertz CT molecular complexity index is 485. The van der Waals surface area contributed by atoms with Gasteiger partial charge in [-0.15, -0.1) is 0 Å². The first-order valence-electron chi connectivity index (χ1n) is 4.43. The van der Waals surface area contributed by atoms with Crippen LogP contribution < -0.4 is 9.46 Å². The van der Waals surface area contributed by atoms with Gasteiger partial charge in [0.2, 0.25) is 10.0 Å². The van der Waals surface area contributed by atoms with E-state index in [0.29, 0.717) is 16.3 Å². The minimum atomic E-state index is -3.43. The molecule has 88 valence electrons. The van der Waals surface area contributed by atoms with E-state index in [-0.39, 0.29) is 6.54 Å². The van der Waals surface area contributed by atoms with Crippen LogP contribution in [0.15, 0.2) is 30.2 Å². The van der Waals surface area contributed by atoms with Gasteiger partial charge in [-0.2, -0.15) is 0 Å². The van der Waals surface area contributed by atoms with Gasteiger partial charge >= 0.3 is 0 Å². The van der Waals surface area contributed by atoms with E-state index in [1.807, 2.05) is 0 Å². The summed E-state index contributed by atoms with van der Waals surface area (Å²) in [7, 11) is -1.89. The van der Waals surface area contributed by atoms with Gasteiger partial charge in [0, 0.05) is 17.0 Å². The van der Waals surface area contributed by atoms with Crippen molar-refractivity contribution >= 4 is 21.6 Å². The Morgan fingerprint density at radius 3 is 2.75 bits per heavy atom. The molecule has 0 saturated heterocycles.